The Hall–Kier alpha value is -0.980. The molecule has 86 valence electrons. The van der Waals surface area contributed by atoms with Crippen LogP contribution in [0.2, 0.25) is 0 Å². The van der Waals surface area contributed by atoms with Gasteiger partial charge in [-0.2, -0.15) is 5.10 Å². The van der Waals surface area contributed by atoms with Crippen molar-refractivity contribution in [2.24, 2.45) is 0 Å². The fourth-order valence-corrected chi connectivity index (χ4v) is 1.99. The van der Waals surface area contributed by atoms with Gasteiger partial charge in [0.05, 0.1) is 9.26 Å². The van der Waals surface area contributed by atoms with Crippen LogP contribution in [0, 0.1) is 17.4 Å². The Morgan fingerprint density at radius 2 is 2.12 bits per heavy atom. The molecule has 0 spiro atoms. The van der Waals surface area contributed by atoms with Crippen LogP contribution in [0.25, 0.3) is 0 Å². The van der Waals surface area contributed by atoms with E-state index in [0.717, 1.165) is 20.8 Å². The third-order valence-electron chi connectivity index (χ3n) is 2.59. The zero-order valence-electron chi connectivity index (χ0n) is 9.49. The van der Waals surface area contributed by atoms with Gasteiger partial charge in [0.1, 0.15) is 23.4 Å². The summed E-state index contributed by atoms with van der Waals surface area (Å²) in [7, 11) is 0. The monoisotopic (exact) mass is 331 g/mol. The number of hydrogen-bond donors (Lipinski definition) is 1. The van der Waals surface area contributed by atoms with E-state index in [-0.39, 0.29) is 6.04 Å². The molecule has 2 N–H and O–H groups in total. The van der Waals surface area contributed by atoms with Crippen molar-refractivity contribution in [2.75, 3.05) is 5.73 Å². The first kappa shape index (κ1) is 11.5. The van der Waals surface area contributed by atoms with Crippen molar-refractivity contribution in [1.29, 1.82) is 0 Å². The Morgan fingerprint density at radius 3 is 2.56 bits per heavy atom. The molecule has 2 heterocycles. The number of anilines is 1. The van der Waals surface area contributed by atoms with E-state index in [1.54, 1.807) is 4.68 Å². The molecule has 0 saturated heterocycles. The van der Waals surface area contributed by atoms with Gasteiger partial charge in [-0.1, -0.05) is 0 Å². The van der Waals surface area contributed by atoms with Gasteiger partial charge in [-0.05, 0) is 55.5 Å². The molecule has 1 atom stereocenters. The highest BCUT2D eigenvalue weighted by Crippen LogP contribution is 2.26. The van der Waals surface area contributed by atoms with Crippen LogP contribution < -0.4 is 5.73 Å². The largest absolute Gasteiger partial charge is 0.464 e. The van der Waals surface area contributed by atoms with E-state index in [4.69, 9.17) is 10.2 Å². The van der Waals surface area contributed by atoms with Crippen molar-refractivity contribution in [3.63, 3.8) is 0 Å². The predicted molar refractivity (Wildman–Crippen MR) is 71.4 cm³/mol. The van der Waals surface area contributed by atoms with Gasteiger partial charge in [0.2, 0.25) is 0 Å². The summed E-state index contributed by atoms with van der Waals surface area (Å²) in [6.07, 6.45) is 0. The molecule has 2 aromatic heterocycles. The molecule has 0 fully saturated rings. The van der Waals surface area contributed by atoms with E-state index in [9.17, 15) is 0 Å². The molecule has 0 amide bonds. The lowest BCUT2D eigenvalue weighted by Gasteiger charge is -2.11. The summed E-state index contributed by atoms with van der Waals surface area (Å²) in [4.78, 5) is 0. The van der Waals surface area contributed by atoms with Crippen LogP contribution in [0.15, 0.2) is 16.5 Å². The average Bonchev–Trinajstić information content (AvgIpc) is 2.78. The van der Waals surface area contributed by atoms with Crippen LogP contribution >= 0.6 is 22.6 Å². The number of aryl methyl sites for hydroxylation is 2. The molecule has 0 saturated carbocycles. The normalized spacial score (nSPS) is 13.0. The van der Waals surface area contributed by atoms with Gasteiger partial charge < -0.3 is 10.2 Å². The molecule has 0 radical (unpaired) electrons. The molecule has 2 rings (SSSR count). The summed E-state index contributed by atoms with van der Waals surface area (Å²) in [6.45, 7) is 5.91. The van der Waals surface area contributed by atoms with Crippen molar-refractivity contribution in [3.8, 4) is 0 Å². The number of aromatic nitrogens is 2. The number of furan rings is 1. The van der Waals surface area contributed by atoms with Gasteiger partial charge in [-0.3, -0.25) is 0 Å². The minimum atomic E-state index is 0.0240. The van der Waals surface area contributed by atoms with E-state index < -0.39 is 0 Å². The standard InChI is InChI=1S/C11H14IN3O/c1-6-4-5-9(16-6)8(3)15-11(13)10(12)7(2)14-15/h4-5,8H,13H2,1-3H3. The van der Waals surface area contributed by atoms with Crippen molar-refractivity contribution < 1.29 is 4.42 Å². The zero-order valence-corrected chi connectivity index (χ0v) is 11.6. The molecule has 4 nitrogen and oxygen atoms in total. The quantitative estimate of drug-likeness (QED) is 0.861. The third kappa shape index (κ3) is 1.83. The van der Waals surface area contributed by atoms with E-state index in [1.807, 2.05) is 32.9 Å². The van der Waals surface area contributed by atoms with Gasteiger partial charge in [0.15, 0.2) is 0 Å². The van der Waals surface area contributed by atoms with Crippen molar-refractivity contribution in [3.05, 3.63) is 32.9 Å². The summed E-state index contributed by atoms with van der Waals surface area (Å²) >= 11 is 2.21. The Morgan fingerprint density at radius 1 is 1.44 bits per heavy atom. The highest BCUT2D eigenvalue weighted by atomic mass is 127. The number of hydrogen-bond acceptors (Lipinski definition) is 3. The first-order valence-electron chi connectivity index (χ1n) is 5.07. The Kier molecular flexibility index (Phi) is 2.96. The lowest BCUT2D eigenvalue weighted by atomic mass is 10.2. The van der Waals surface area contributed by atoms with Gasteiger partial charge in [0, 0.05) is 0 Å². The van der Waals surface area contributed by atoms with Crippen LogP contribution in [0.3, 0.4) is 0 Å². The summed E-state index contributed by atoms with van der Waals surface area (Å²) in [6, 6.07) is 3.93. The number of halogens is 1. The van der Waals surface area contributed by atoms with Crippen LogP contribution in [-0.2, 0) is 0 Å². The van der Waals surface area contributed by atoms with Crippen LogP contribution in [0.1, 0.15) is 30.2 Å². The molecule has 0 aliphatic heterocycles. The first-order valence-corrected chi connectivity index (χ1v) is 6.15. The highest BCUT2D eigenvalue weighted by Gasteiger charge is 2.18. The highest BCUT2D eigenvalue weighted by molar-refractivity contribution is 14.1. The van der Waals surface area contributed by atoms with Gasteiger partial charge in [0.25, 0.3) is 0 Å². The van der Waals surface area contributed by atoms with Gasteiger partial charge >= 0.3 is 0 Å². The van der Waals surface area contributed by atoms with Crippen molar-refractivity contribution in [1.82, 2.24) is 9.78 Å². The molecule has 16 heavy (non-hydrogen) atoms. The fraction of sp³-hybridized carbons (Fsp3) is 0.364. The second-order valence-corrected chi connectivity index (χ2v) is 4.93. The van der Waals surface area contributed by atoms with Crippen molar-refractivity contribution >= 4 is 28.4 Å². The second-order valence-electron chi connectivity index (χ2n) is 3.85. The van der Waals surface area contributed by atoms with E-state index in [0.29, 0.717) is 5.82 Å². The number of nitrogens with zero attached hydrogens (tertiary/aromatic N) is 2. The topological polar surface area (TPSA) is 57.0 Å². The summed E-state index contributed by atoms with van der Waals surface area (Å²) < 4.78 is 8.39. The fourth-order valence-electron chi connectivity index (χ4n) is 1.64. The molecular formula is C11H14IN3O. The van der Waals surface area contributed by atoms with Gasteiger partial charge in [-0.15, -0.1) is 0 Å². The summed E-state index contributed by atoms with van der Waals surface area (Å²) in [5, 5.41) is 4.42. The van der Waals surface area contributed by atoms with Crippen LogP contribution in [0.5, 0.6) is 0 Å². The molecule has 5 heteroatoms. The Labute approximate surface area is 108 Å². The molecule has 0 bridgehead atoms. The summed E-state index contributed by atoms with van der Waals surface area (Å²) in [5.74, 6) is 2.47. The Bertz CT molecular complexity index is 515. The lowest BCUT2D eigenvalue weighted by Crippen LogP contribution is -2.11. The lowest BCUT2D eigenvalue weighted by molar-refractivity contribution is 0.413. The minimum Gasteiger partial charge on any atom is -0.464 e. The third-order valence-corrected chi connectivity index (χ3v) is 3.92. The van der Waals surface area contributed by atoms with Gasteiger partial charge in [-0.25, -0.2) is 4.68 Å². The smallest absolute Gasteiger partial charge is 0.136 e. The van der Waals surface area contributed by atoms with Crippen LogP contribution in [-0.4, -0.2) is 9.78 Å². The minimum absolute atomic E-state index is 0.0240. The maximum atomic E-state index is 6.00. The molecule has 1 unspecified atom stereocenters. The summed E-state index contributed by atoms with van der Waals surface area (Å²) in [5.41, 5.74) is 6.95. The van der Waals surface area contributed by atoms with E-state index >= 15 is 0 Å². The SMILES string of the molecule is Cc1ccc(C(C)n2nc(C)c(I)c2N)o1. The average molecular weight is 331 g/mol. The molecule has 0 aliphatic carbocycles. The number of rotatable bonds is 2. The van der Waals surface area contributed by atoms with Crippen LogP contribution in [0.4, 0.5) is 5.82 Å². The molecular weight excluding hydrogens is 317 g/mol. The number of nitrogen functional groups attached to an aromatic ring is 1. The van der Waals surface area contributed by atoms with E-state index in [2.05, 4.69) is 27.7 Å². The zero-order chi connectivity index (χ0) is 11.9. The molecule has 0 aromatic carbocycles. The number of nitrogens with two attached hydrogens (primary N) is 1. The molecule has 2 aromatic rings. The molecule has 0 aliphatic rings. The first-order chi connectivity index (χ1) is 7.50. The maximum Gasteiger partial charge on any atom is 0.136 e. The van der Waals surface area contributed by atoms with E-state index in [1.165, 1.54) is 0 Å². The maximum absolute atomic E-state index is 6.00. The van der Waals surface area contributed by atoms with Crippen molar-refractivity contribution in [2.45, 2.75) is 26.8 Å². The second kappa shape index (κ2) is 4.12. The Balaban J connectivity index is 2.41. The predicted octanol–water partition coefficient (Wildman–Crippen LogP) is 2.89.